The molecule has 0 radical (unpaired) electrons. The van der Waals surface area contributed by atoms with Crippen LogP contribution in [-0.4, -0.2) is 17.5 Å². The molecular weight excluding hydrogens is 204 g/mol. The second kappa shape index (κ2) is 5.61. The number of nitrogens with zero attached hydrogens (tertiary/aromatic N) is 1. The largest absolute Gasteiger partial charge is 0.314 e. The molecule has 4 heteroatoms. The molecule has 0 aliphatic rings. The highest BCUT2D eigenvalue weighted by molar-refractivity contribution is 5.44. The van der Waals surface area contributed by atoms with E-state index in [0.717, 1.165) is 24.1 Å². The summed E-state index contributed by atoms with van der Waals surface area (Å²) < 4.78 is 0. The van der Waals surface area contributed by atoms with Crippen molar-refractivity contribution in [3.05, 3.63) is 39.4 Å². The minimum absolute atomic E-state index is 0.210. The molecule has 0 aromatic heterocycles. The van der Waals surface area contributed by atoms with Gasteiger partial charge < -0.3 is 5.32 Å². The lowest BCUT2D eigenvalue weighted by molar-refractivity contribution is -0.385. The zero-order chi connectivity index (χ0) is 12.1. The summed E-state index contributed by atoms with van der Waals surface area (Å²) in [7, 11) is 0. The molecule has 4 nitrogen and oxygen atoms in total. The van der Waals surface area contributed by atoms with Crippen LogP contribution >= 0.6 is 0 Å². The van der Waals surface area contributed by atoms with E-state index in [-0.39, 0.29) is 10.6 Å². The number of hydrogen-bond donors (Lipinski definition) is 1. The molecular formula is C12H18N2O2. The Kier molecular flexibility index (Phi) is 4.43. The van der Waals surface area contributed by atoms with Crippen LogP contribution in [0.2, 0.25) is 0 Å². The molecule has 0 heterocycles. The number of nitro benzene ring substituents is 1. The molecule has 0 fully saturated rings. The Labute approximate surface area is 95.8 Å². The Morgan fingerprint density at radius 1 is 1.44 bits per heavy atom. The van der Waals surface area contributed by atoms with Gasteiger partial charge in [-0.15, -0.1) is 0 Å². The topological polar surface area (TPSA) is 55.2 Å². The highest BCUT2D eigenvalue weighted by Gasteiger charge is 2.12. The van der Waals surface area contributed by atoms with Crippen molar-refractivity contribution in [2.45, 2.75) is 33.2 Å². The normalized spacial score (nSPS) is 10.8. The van der Waals surface area contributed by atoms with Gasteiger partial charge in [-0.05, 0) is 25.5 Å². The molecule has 0 aliphatic heterocycles. The van der Waals surface area contributed by atoms with Crippen molar-refractivity contribution >= 4 is 5.69 Å². The van der Waals surface area contributed by atoms with Crippen LogP contribution in [0.3, 0.4) is 0 Å². The van der Waals surface area contributed by atoms with Crippen LogP contribution in [0.4, 0.5) is 5.69 Å². The van der Waals surface area contributed by atoms with Crippen LogP contribution < -0.4 is 5.32 Å². The molecule has 0 bridgehead atoms. The zero-order valence-corrected chi connectivity index (χ0v) is 9.99. The first-order valence-electron chi connectivity index (χ1n) is 5.48. The molecule has 0 saturated carbocycles. The number of nitro groups is 1. The maximum atomic E-state index is 10.7. The predicted octanol–water partition coefficient (Wildman–Crippen LogP) is 2.44. The molecule has 0 aliphatic carbocycles. The fraction of sp³-hybridized carbons (Fsp3) is 0.500. The van der Waals surface area contributed by atoms with Crippen LogP contribution in [0.1, 0.15) is 25.0 Å². The maximum absolute atomic E-state index is 10.7. The molecule has 0 unspecified atom stereocenters. The summed E-state index contributed by atoms with van der Waals surface area (Å²) >= 11 is 0. The van der Waals surface area contributed by atoms with E-state index in [1.54, 1.807) is 12.1 Å². The number of hydrogen-bond acceptors (Lipinski definition) is 3. The summed E-state index contributed by atoms with van der Waals surface area (Å²) in [5, 5.41) is 14.0. The summed E-state index contributed by atoms with van der Waals surface area (Å²) in [4.78, 5) is 10.4. The monoisotopic (exact) mass is 222 g/mol. The minimum Gasteiger partial charge on any atom is -0.314 e. The van der Waals surface area contributed by atoms with E-state index in [1.165, 1.54) is 0 Å². The number of benzene rings is 1. The summed E-state index contributed by atoms with van der Waals surface area (Å²) in [5.41, 5.74) is 2.03. The van der Waals surface area contributed by atoms with Gasteiger partial charge in [0.05, 0.1) is 4.92 Å². The van der Waals surface area contributed by atoms with Crippen LogP contribution in [0.15, 0.2) is 18.2 Å². The second-order valence-corrected chi connectivity index (χ2v) is 4.18. The van der Waals surface area contributed by atoms with E-state index in [9.17, 15) is 10.1 Å². The SMILES string of the molecule is Cc1c(CCNC(C)C)cccc1[N+](=O)[O-]. The molecule has 1 rings (SSSR count). The van der Waals surface area contributed by atoms with Crippen molar-refractivity contribution in [3.8, 4) is 0 Å². The molecule has 0 amide bonds. The molecule has 0 spiro atoms. The lowest BCUT2D eigenvalue weighted by Gasteiger charge is -2.09. The van der Waals surface area contributed by atoms with Gasteiger partial charge in [0, 0.05) is 17.7 Å². The van der Waals surface area contributed by atoms with E-state index in [1.807, 2.05) is 13.0 Å². The summed E-state index contributed by atoms with van der Waals surface area (Å²) in [6.45, 7) is 6.82. The van der Waals surface area contributed by atoms with Gasteiger partial charge in [-0.2, -0.15) is 0 Å². The lowest BCUT2D eigenvalue weighted by Crippen LogP contribution is -2.25. The Morgan fingerprint density at radius 3 is 2.69 bits per heavy atom. The molecule has 88 valence electrons. The Morgan fingerprint density at radius 2 is 2.12 bits per heavy atom. The van der Waals surface area contributed by atoms with Gasteiger partial charge in [-0.25, -0.2) is 0 Å². The Hall–Kier alpha value is -1.42. The lowest BCUT2D eigenvalue weighted by atomic mass is 10.0. The first-order chi connectivity index (χ1) is 7.52. The van der Waals surface area contributed by atoms with Gasteiger partial charge in [-0.1, -0.05) is 26.0 Å². The fourth-order valence-electron chi connectivity index (χ4n) is 1.63. The average molecular weight is 222 g/mol. The highest BCUT2D eigenvalue weighted by Crippen LogP contribution is 2.21. The number of rotatable bonds is 5. The number of nitrogens with one attached hydrogen (secondary N) is 1. The van der Waals surface area contributed by atoms with Crippen molar-refractivity contribution in [1.82, 2.24) is 5.32 Å². The van der Waals surface area contributed by atoms with Gasteiger partial charge in [0.15, 0.2) is 0 Å². The van der Waals surface area contributed by atoms with Crippen molar-refractivity contribution < 1.29 is 4.92 Å². The maximum Gasteiger partial charge on any atom is 0.272 e. The van der Waals surface area contributed by atoms with Gasteiger partial charge in [0.2, 0.25) is 0 Å². The van der Waals surface area contributed by atoms with Gasteiger partial charge in [0.25, 0.3) is 5.69 Å². The minimum atomic E-state index is -0.325. The average Bonchev–Trinajstić information content (AvgIpc) is 2.19. The molecule has 0 saturated heterocycles. The van der Waals surface area contributed by atoms with E-state index in [2.05, 4.69) is 19.2 Å². The molecule has 0 atom stereocenters. The van der Waals surface area contributed by atoms with Crippen LogP contribution in [0, 0.1) is 17.0 Å². The quantitative estimate of drug-likeness (QED) is 0.615. The van der Waals surface area contributed by atoms with Crippen LogP contribution in [0.25, 0.3) is 0 Å². The van der Waals surface area contributed by atoms with Gasteiger partial charge in [0.1, 0.15) is 0 Å². The highest BCUT2D eigenvalue weighted by atomic mass is 16.6. The summed E-state index contributed by atoms with van der Waals surface area (Å²) in [5.74, 6) is 0. The van der Waals surface area contributed by atoms with Crippen molar-refractivity contribution in [2.75, 3.05) is 6.54 Å². The zero-order valence-electron chi connectivity index (χ0n) is 9.99. The smallest absolute Gasteiger partial charge is 0.272 e. The summed E-state index contributed by atoms with van der Waals surface area (Å²) in [6.07, 6.45) is 0.825. The van der Waals surface area contributed by atoms with E-state index >= 15 is 0 Å². The fourth-order valence-corrected chi connectivity index (χ4v) is 1.63. The van der Waals surface area contributed by atoms with E-state index in [0.29, 0.717) is 6.04 Å². The molecule has 16 heavy (non-hydrogen) atoms. The third-order valence-corrected chi connectivity index (χ3v) is 2.56. The molecule has 1 aromatic carbocycles. The van der Waals surface area contributed by atoms with Gasteiger partial charge >= 0.3 is 0 Å². The molecule has 1 N–H and O–H groups in total. The summed E-state index contributed by atoms with van der Waals surface area (Å²) in [6, 6.07) is 5.69. The Balaban J connectivity index is 2.73. The van der Waals surface area contributed by atoms with E-state index < -0.39 is 0 Å². The van der Waals surface area contributed by atoms with Crippen LogP contribution in [-0.2, 0) is 6.42 Å². The van der Waals surface area contributed by atoms with E-state index in [4.69, 9.17) is 0 Å². The van der Waals surface area contributed by atoms with Crippen molar-refractivity contribution in [3.63, 3.8) is 0 Å². The standard InChI is InChI=1S/C12H18N2O2/c1-9(2)13-8-7-11-5-4-6-12(10(11)3)14(15)16/h4-6,9,13H,7-8H2,1-3H3. The van der Waals surface area contributed by atoms with Gasteiger partial charge in [-0.3, -0.25) is 10.1 Å². The predicted molar refractivity (Wildman–Crippen MR) is 64.7 cm³/mol. The first kappa shape index (κ1) is 12.6. The van der Waals surface area contributed by atoms with Crippen LogP contribution in [0.5, 0.6) is 0 Å². The van der Waals surface area contributed by atoms with Crippen molar-refractivity contribution in [1.29, 1.82) is 0 Å². The first-order valence-corrected chi connectivity index (χ1v) is 5.48. The molecule has 1 aromatic rings. The third-order valence-electron chi connectivity index (χ3n) is 2.56. The second-order valence-electron chi connectivity index (χ2n) is 4.18. The third kappa shape index (κ3) is 3.31. The van der Waals surface area contributed by atoms with Crippen molar-refractivity contribution in [2.24, 2.45) is 0 Å². The Bertz CT molecular complexity index is 375.